The van der Waals surface area contributed by atoms with Gasteiger partial charge >= 0.3 is 0 Å². The van der Waals surface area contributed by atoms with Crippen LogP contribution in [0.25, 0.3) is 16.6 Å². The van der Waals surface area contributed by atoms with Crippen LogP contribution in [-0.4, -0.2) is 32.8 Å². The van der Waals surface area contributed by atoms with E-state index in [1.165, 1.54) is 11.8 Å². The zero-order chi connectivity index (χ0) is 17.4. The molecule has 2 aromatic carbocycles. The Labute approximate surface area is 143 Å². The van der Waals surface area contributed by atoms with Gasteiger partial charge in [0.1, 0.15) is 0 Å². The predicted octanol–water partition coefficient (Wildman–Crippen LogP) is 4.23. The van der Waals surface area contributed by atoms with Crippen LogP contribution < -0.4 is 0 Å². The third-order valence-corrected chi connectivity index (χ3v) is 4.83. The number of nitrogens with zero attached hydrogens (tertiary/aromatic N) is 2. The zero-order valence-corrected chi connectivity index (χ0v) is 14.2. The molecule has 3 nitrogen and oxygen atoms in total. The van der Waals surface area contributed by atoms with Gasteiger partial charge in [-0.3, -0.25) is 0 Å². The van der Waals surface area contributed by atoms with Gasteiger partial charge in [0.2, 0.25) is 0 Å². The summed E-state index contributed by atoms with van der Waals surface area (Å²) in [5.41, 5.74) is -0.323. The summed E-state index contributed by atoms with van der Waals surface area (Å²) in [6.45, 7) is 0.751. The van der Waals surface area contributed by atoms with E-state index in [0.29, 0.717) is 5.39 Å². The highest BCUT2D eigenvalue weighted by Gasteiger charge is 2.49. The minimum absolute atomic E-state index is 0.0885. The van der Waals surface area contributed by atoms with Crippen molar-refractivity contribution < 1.29 is 13.9 Å². The number of fused-ring (bicyclic) bond motifs is 1. The average molecular weight is 348 g/mol. The Morgan fingerprint density at radius 2 is 1.88 bits per heavy atom. The topological polar surface area (TPSA) is 38.1 Å². The van der Waals surface area contributed by atoms with Crippen LogP contribution in [0, 0.1) is 0 Å². The summed E-state index contributed by atoms with van der Waals surface area (Å²) < 4.78 is 29.8. The lowest BCUT2D eigenvalue weighted by molar-refractivity contribution is -0.161. The molecule has 0 aliphatic heterocycles. The van der Waals surface area contributed by atoms with Gasteiger partial charge in [-0.2, -0.15) is 16.9 Å². The molecule has 1 atom stereocenters. The lowest BCUT2D eigenvalue weighted by Gasteiger charge is -2.33. The monoisotopic (exact) mass is 348 g/mol. The summed E-state index contributed by atoms with van der Waals surface area (Å²) in [6.07, 6.45) is 3.32. The van der Waals surface area contributed by atoms with Crippen LogP contribution in [0.15, 0.2) is 54.7 Å². The van der Waals surface area contributed by atoms with Crippen molar-refractivity contribution in [2.24, 2.45) is 0 Å². The SMILES string of the molecule is CSCC(O)(c1ccc2c(cnn2-c2ccccc2)c1)C(C)(F)F. The first kappa shape index (κ1) is 16.9. The van der Waals surface area contributed by atoms with Crippen molar-refractivity contribution in [2.45, 2.75) is 18.4 Å². The molecule has 1 unspecified atom stereocenters. The fraction of sp³-hybridized carbons (Fsp3) is 0.278. The van der Waals surface area contributed by atoms with E-state index in [1.807, 2.05) is 30.3 Å². The Balaban J connectivity index is 2.10. The molecule has 126 valence electrons. The fourth-order valence-electron chi connectivity index (χ4n) is 2.74. The van der Waals surface area contributed by atoms with E-state index in [1.54, 1.807) is 35.3 Å². The van der Waals surface area contributed by atoms with Crippen molar-refractivity contribution >= 4 is 22.7 Å². The van der Waals surface area contributed by atoms with E-state index in [9.17, 15) is 13.9 Å². The number of hydrogen-bond donors (Lipinski definition) is 1. The van der Waals surface area contributed by atoms with Crippen LogP contribution in [-0.2, 0) is 5.60 Å². The number of benzene rings is 2. The second kappa shape index (κ2) is 6.18. The molecule has 0 aliphatic rings. The summed E-state index contributed by atoms with van der Waals surface area (Å²) in [4.78, 5) is 0. The molecule has 0 radical (unpaired) electrons. The minimum atomic E-state index is -3.25. The Morgan fingerprint density at radius 1 is 1.17 bits per heavy atom. The summed E-state index contributed by atoms with van der Waals surface area (Å²) in [5.74, 6) is -3.34. The molecule has 0 fully saturated rings. The second-order valence-electron chi connectivity index (χ2n) is 5.85. The number of halogens is 2. The van der Waals surface area contributed by atoms with Gasteiger partial charge in [0, 0.05) is 18.1 Å². The number of thioether (sulfide) groups is 1. The molecule has 0 bridgehead atoms. The maximum atomic E-state index is 14.0. The highest BCUT2D eigenvalue weighted by atomic mass is 32.2. The smallest absolute Gasteiger partial charge is 0.278 e. The molecule has 0 aliphatic carbocycles. The van der Waals surface area contributed by atoms with Crippen LogP contribution in [0.4, 0.5) is 8.78 Å². The molecule has 6 heteroatoms. The number of aromatic nitrogens is 2. The molecule has 24 heavy (non-hydrogen) atoms. The Morgan fingerprint density at radius 3 is 2.50 bits per heavy atom. The Hall–Kier alpha value is -1.92. The van der Waals surface area contributed by atoms with Gasteiger partial charge in [-0.25, -0.2) is 13.5 Å². The first-order valence-electron chi connectivity index (χ1n) is 7.49. The second-order valence-corrected chi connectivity index (χ2v) is 6.71. The minimum Gasteiger partial charge on any atom is -0.378 e. The van der Waals surface area contributed by atoms with E-state index in [4.69, 9.17) is 0 Å². The molecular formula is C18H18F2N2OS. The van der Waals surface area contributed by atoms with Crippen molar-refractivity contribution in [1.29, 1.82) is 0 Å². The van der Waals surface area contributed by atoms with Gasteiger partial charge in [0.25, 0.3) is 5.92 Å². The average Bonchev–Trinajstić information content (AvgIpc) is 2.98. The van der Waals surface area contributed by atoms with E-state index in [-0.39, 0.29) is 11.3 Å². The molecule has 1 aromatic heterocycles. The molecule has 0 saturated carbocycles. The first-order valence-corrected chi connectivity index (χ1v) is 8.89. The standard InChI is InChI=1S/C18H18F2N2OS/c1-17(19,20)18(23,12-24-2)14-8-9-16-13(10-14)11-21-22(16)15-6-4-3-5-7-15/h3-11,23H,12H2,1-2H3. The van der Waals surface area contributed by atoms with Gasteiger partial charge < -0.3 is 5.11 Å². The molecule has 0 saturated heterocycles. The lowest BCUT2D eigenvalue weighted by atomic mass is 9.89. The highest BCUT2D eigenvalue weighted by molar-refractivity contribution is 7.98. The number of alkyl halides is 2. The quantitative estimate of drug-likeness (QED) is 0.750. The van der Waals surface area contributed by atoms with Crippen molar-refractivity contribution in [2.75, 3.05) is 12.0 Å². The number of aliphatic hydroxyl groups is 1. The molecule has 0 amide bonds. The normalized spacial score (nSPS) is 14.7. The maximum absolute atomic E-state index is 14.0. The van der Waals surface area contributed by atoms with Crippen molar-refractivity contribution in [1.82, 2.24) is 9.78 Å². The zero-order valence-electron chi connectivity index (χ0n) is 13.4. The summed E-state index contributed by atoms with van der Waals surface area (Å²) in [5, 5.41) is 15.7. The first-order chi connectivity index (χ1) is 11.4. The van der Waals surface area contributed by atoms with Crippen molar-refractivity contribution in [3.8, 4) is 5.69 Å². The van der Waals surface area contributed by atoms with E-state index < -0.39 is 11.5 Å². The van der Waals surface area contributed by atoms with Crippen molar-refractivity contribution in [3.05, 3.63) is 60.3 Å². The summed E-state index contributed by atoms with van der Waals surface area (Å²) in [6, 6.07) is 14.4. The number of hydrogen-bond acceptors (Lipinski definition) is 3. The van der Waals surface area contributed by atoms with Crippen LogP contribution >= 0.6 is 11.8 Å². The molecule has 1 heterocycles. The molecule has 3 rings (SSSR count). The molecule has 3 aromatic rings. The summed E-state index contributed by atoms with van der Waals surface area (Å²) >= 11 is 1.19. The van der Waals surface area contributed by atoms with Gasteiger partial charge in [-0.05, 0) is 36.1 Å². The van der Waals surface area contributed by atoms with Crippen LogP contribution in [0.3, 0.4) is 0 Å². The van der Waals surface area contributed by atoms with Crippen LogP contribution in [0.1, 0.15) is 12.5 Å². The van der Waals surface area contributed by atoms with Gasteiger partial charge in [0.15, 0.2) is 5.60 Å². The fourth-order valence-corrected chi connectivity index (χ4v) is 3.58. The van der Waals surface area contributed by atoms with Gasteiger partial charge in [-0.1, -0.05) is 24.3 Å². The molecule has 1 N–H and O–H groups in total. The highest BCUT2D eigenvalue weighted by Crippen LogP contribution is 2.40. The van der Waals surface area contributed by atoms with Crippen LogP contribution in [0.5, 0.6) is 0 Å². The largest absolute Gasteiger partial charge is 0.378 e. The van der Waals surface area contributed by atoms with E-state index in [0.717, 1.165) is 18.1 Å². The van der Waals surface area contributed by atoms with Crippen molar-refractivity contribution in [3.63, 3.8) is 0 Å². The molecular weight excluding hydrogens is 330 g/mol. The van der Waals surface area contributed by atoms with Gasteiger partial charge in [0.05, 0.1) is 17.4 Å². The number of rotatable bonds is 5. The number of para-hydroxylation sites is 1. The third-order valence-electron chi connectivity index (χ3n) is 4.13. The van der Waals surface area contributed by atoms with E-state index in [2.05, 4.69) is 5.10 Å². The Bertz CT molecular complexity index is 845. The summed E-state index contributed by atoms with van der Waals surface area (Å²) in [7, 11) is 0. The van der Waals surface area contributed by atoms with Crippen LogP contribution in [0.2, 0.25) is 0 Å². The third kappa shape index (κ3) is 2.80. The van der Waals surface area contributed by atoms with E-state index >= 15 is 0 Å². The van der Waals surface area contributed by atoms with Gasteiger partial charge in [-0.15, -0.1) is 0 Å². The Kier molecular flexibility index (Phi) is 4.36. The molecule has 0 spiro atoms. The lowest BCUT2D eigenvalue weighted by Crippen LogP contribution is -2.45. The predicted molar refractivity (Wildman–Crippen MR) is 94.0 cm³/mol. The maximum Gasteiger partial charge on any atom is 0.278 e.